The number of methoxy groups -OCH3 is 1. The van der Waals surface area contributed by atoms with Gasteiger partial charge in [-0.3, -0.25) is 0 Å². The highest BCUT2D eigenvalue weighted by Gasteiger charge is 2.21. The number of halogens is 1. The van der Waals surface area contributed by atoms with E-state index in [1.54, 1.807) is 7.11 Å². The Balaban J connectivity index is 2.55. The van der Waals surface area contributed by atoms with Crippen LogP contribution in [-0.4, -0.2) is 18.8 Å². The Bertz CT molecular complexity index is 415. The average Bonchev–Trinajstić information content (AvgIpc) is 2.37. The largest absolute Gasteiger partial charge is 0.495 e. The van der Waals surface area contributed by atoms with Crippen LogP contribution >= 0.6 is 15.9 Å². The summed E-state index contributed by atoms with van der Waals surface area (Å²) in [6.45, 7) is 2.18. The van der Waals surface area contributed by atoms with E-state index in [2.05, 4.69) is 22.0 Å². The summed E-state index contributed by atoms with van der Waals surface area (Å²) in [5.74, 6) is 1.01. The van der Waals surface area contributed by atoms with Crippen molar-refractivity contribution in [2.75, 3.05) is 13.7 Å². The molecule has 0 saturated carbocycles. The molecule has 2 nitrogen and oxygen atoms in total. The Kier molecular flexibility index (Phi) is 4.10. The van der Waals surface area contributed by atoms with Gasteiger partial charge in [0.05, 0.1) is 11.6 Å². The zero-order valence-electron chi connectivity index (χ0n) is 10.4. The molecule has 0 bridgehead atoms. The Hall–Kier alpha value is -0.540. The van der Waals surface area contributed by atoms with E-state index in [0.29, 0.717) is 0 Å². The minimum atomic E-state index is 0.119. The van der Waals surface area contributed by atoms with E-state index in [1.807, 2.05) is 6.92 Å². The van der Waals surface area contributed by atoms with Gasteiger partial charge in [0, 0.05) is 18.1 Å². The highest BCUT2D eigenvalue weighted by molar-refractivity contribution is 9.10. The lowest BCUT2D eigenvalue weighted by Crippen LogP contribution is -2.09. The Labute approximate surface area is 111 Å². The summed E-state index contributed by atoms with van der Waals surface area (Å²) in [5.41, 5.74) is 3.92. The van der Waals surface area contributed by atoms with Gasteiger partial charge in [-0.2, -0.15) is 0 Å². The number of hydrogen-bond acceptors (Lipinski definition) is 2. The van der Waals surface area contributed by atoms with Crippen molar-refractivity contribution in [3.8, 4) is 5.75 Å². The van der Waals surface area contributed by atoms with Crippen LogP contribution in [0.4, 0.5) is 0 Å². The molecule has 0 spiro atoms. The normalized spacial score (nSPS) is 16.5. The van der Waals surface area contributed by atoms with Gasteiger partial charge in [-0.05, 0) is 52.7 Å². The van der Waals surface area contributed by atoms with Gasteiger partial charge in [0.1, 0.15) is 5.75 Å². The highest BCUT2D eigenvalue weighted by Crippen LogP contribution is 2.40. The molecule has 94 valence electrons. The van der Waals surface area contributed by atoms with Crippen molar-refractivity contribution in [1.29, 1.82) is 0 Å². The van der Waals surface area contributed by atoms with Crippen LogP contribution in [0.3, 0.4) is 0 Å². The summed E-state index contributed by atoms with van der Waals surface area (Å²) in [4.78, 5) is 0. The first-order chi connectivity index (χ1) is 8.19. The van der Waals surface area contributed by atoms with Crippen LogP contribution < -0.4 is 4.74 Å². The van der Waals surface area contributed by atoms with Gasteiger partial charge in [-0.15, -0.1) is 0 Å². The zero-order chi connectivity index (χ0) is 12.4. The standard InChI is InChI=1S/C14H19BrO2/c1-9(8-16)12-7-10-5-3-4-6-11(10)13(15)14(12)17-2/h7,9,16H,3-6,8H2,1-2H3. The number of hydrogen-bond donors (Lipinski definition) is 1. The van der Waals surface area contributed by atoms with Crippen LogP contribution in [0.2, 0.25) is 0 Å². The van der Waals surface area contributed by atoms with Crippen LogP contribution in [0.1, 0.15) is 42.4 Å². The van der Waals surface area contributed by atoms with Crippen LogP contribution in [0, 0.1) is 0 Å². The SMILES string of the molecule is COc1c(C(C)CO)cc2c(c1Br)CCCC2. The molecule has 1 atom stereocenters. The fourth-order valence-electron chi connectivity index (χ4n) is 2.53. The lowest BCUT2D eigenvalue weighted by Gasteiger charge is -2.23. The smallest absolute Gasteiger partial charge is 0.136 e. The van der Waals surface area contributed by atoms with Crippen LogP contribution in [0.25, 0.3) is 0 Å². The average molecular weight is 299 g/mol. The molecule has 1 aromatic carbocycles. The van der Waals surface area contributed by atoms with Gasteiger partial charge in [0.2, 0.25) is 0 Å². The summed E-state index contributed by atoms with van der Waals surface area (Å²) in [7, 11) is 1.70. The summed E-state index contributed by atoms with van der Waals surface area (Å²) in [6, 6.07) is 2.22. The van der Waals surface area contributed by atoms with E-state index < -0.39 is 0 Å². The van der Waals surface area contributed by atoms with Crippen molar-refractivity contribution in [2.24, 2.45) is 0 Å². The van der Waals surface area contributed by atoms with E-state index in [1.165, 1.54) is 24.0 Å². The number of ether oxygens (including phenoxy) is 1. The van der Waals surface area contributed by atoms with Gasteiger partial charge in [-0.25, -0.2) is 0 Å². The number of aryl methyl sites for hydroxylation is 1. The molecule has 0 amide bonds. The predicted molar refractivity (Wildman–Crippen MR) is 72.8 cm³/mol. The fourth-order valence-corrected chi connectivity index (χ4v) is 3.37. The Morgan fingerprint density at radius 3 is 2.76 bits per heavy atom. The molecule has 0 radical (unpaired) electrons. The lowest BCUT2D eigenvalue weighted by molar-refractivity contribution is 0.269. The maximum absolute atomic E-state index is 9.33. The third-order valence-electron chi connectivity index (χ3n) is 3.58. The van der Waals surface area contributed by atoms with Gasteiger partial charge in [0.25, 0.3) is 0 Å². The Morgan fingerprint density at radius 1 is 1.41 bits per heavy atom. The van der Waals surface area contributed by atoms with Crippen LogP contribution in [0.5, 0.6) is 5.75 Å². The third-order valence-corrected chi connectivity index (χ3v) is 4.41. The monoisotopic (exact) mass is 298 g/mol. The molecule has 0 saturated heterocycles. The molecule has 3 heteroatoms. The number of aliphatic hydroxyl groups is 1. The molecule has 1 unspecified atom stereocenters. The molecular formula is C14H19BrO2. The number of benzene rings is 1. The van der Waals surface area contributed by atoms with Crippen LogP contribution in [0.15, 0.2) is 10.5 Å². The summed E-state index contributed by atoms with van der Waals surface area (Å²) >= 11 is 3.67. The van der Waals surface area contributed by atoms with Gasteiger partial charge < -0.3 is 9.84 Å². The van der Waals surface area contributed by atoms with Gasteiger partial charge in [0.15, 0.2) is 0 Å². The summed E-state index contributed by atoms with van der Waals surface area (Å²) in [6.07, 6.45) is 4.78. The number of aliphatic hydroxyl groups excluding tert-OH is 1. The quantitative estimate of drug-likeness (QED) is 0.926. The summed E-state index contributed by atoms with van der Waals surface area (Å²) in [5, 5.41) is 9.33. The maximum atomic E-state index is 9.33. The van der Waals surface area contributed by atoms with E-state index in [0.717, 1.165) is 28.6 Å². The fraction of sp³-hybridized carbons (Fsp3) is 0.571. The molecule has 1 N–H and O–H groups in total. The second-order valence-electron chi connectivity index (χ2n) is 4.74. The third kappa shape index (κ3) is 2.36. The van der Waals surface area contributed by atoms with E-state index in [-0.39, 0.29) is 12.5 Å². The van der Waals surface area contributed by atoms with E-state index in [9.17, 15) is 5.11 Å². The molecule has 17 heavy (non-hydrogen) atoms. The predicted octanol–water partition coefficient (Wildman–Crippen LogP) is 3.43. The lowest BCUT2D eigenvalue weighted by atomic mass is 9.87. The molecule has 0 heterocycles. The first-order valence-electron chi connectivity index (χ1n) is 6.18. The molecular weight excluding hydrogens is 280 g/mol. The van der Waals surface area contributed by atoms with Crippen molar-refractivity contribution in [2.45, 2.75) is 38.5 Å². The van der Waals surface area contributed by atoms with Crippen molar-refractivity contribution in [1.82, 2.24) is 0 Å². The molecule has 2 rings (SSSR count). The second-order valence-corrected chi connectivity index (χ2v) is 5.53. The zero-order valence-corrected chi connectivity index (χ0v) is 12.0. The molecule has 1 aromatic rings. The van der Waals surface area contributed by atoms with Crippen molar-refractivity contribution < 1.29 is 9.84 Å². The van der Waals surface area contributed by atoms with Crippen LogP contribution in [-0.2, 0) is 12.8 Å². The minimum Gasteiger partial charge on any atom is -0.495 e. The first-order valence-corrected chi connectivity index (χ1v) is 6.97. The van der Waals surface area contributed by atoms with Crippen molar-refractivity contribution >= 4 is 15.9 Å². The number of rotatable bonds is 3. The molecule has 0 aromatic heterocycles. The van der Waals surface area contributed by atoms with Crippen molar-refractivity contribution in [3.63, 3.8) is 0 Å². The molecule has 1 aliphatic carbocycles. The maximum Gasteiger partial charge on any atom is 0.136 e. The van der Waals surface area contributed by atoms with Gasteiger partial charge >= 0.3 is 0 Å². The van der Waals surface area contributed by atoms with E-state index >= 15 is 0 Å². The minimum absolute atomic E-state index is 0.119. The van der Waals surface area contributed by atoms with E-state index in [4.69, 9.17) is 4.74 Å². The first kappa shape index (κ1) is 12.9. The highest BCUT2D eigenvalue weighted by atomic mass is 79.9. The van der Waals surface area contributed by atoms with Crippen molar-refractivity contribution in [3.05, 3.63) is 27.2 Å². The Morgan fingerprint density at radius 2 is 2.12 bits per heavy atom. The molecule has 0 fully saturated rings. The molecule has 1 aliphatic rings. The second kappa shape index (κ2) is 5.40. The molecule has 0 aliphatic heterocycles. The van der Waals surface area contributed by atoms with Gasteiger partial charge in [-0.1, -0.05) is 13.0 Å². The number of fused-ring (bicyclic) bond motifs is 1. The summed E-state index contributed by atoms with van der Waals surface area (Å²) < 4.78 is 6.60. The topological polar surface area (TPSA) is 29.5 Å².